The van der Waals surface area contributed by atoms with Gasteiger partial charge in [0.15, 0.2) is 0 Å². The maximum absolute atomic E-state index is 12.0. The van der Waals surface area contributed by atoms with Crippen molar-refractivity contribution >= 4 is 17.6 Å². The molecule has 1 aromatic carbocycles. The van der Waals surface area contributed by atoms with Gasteiger partial charge in [-0.05, 0) is 32.9 Å². The van der Waals surface area contributed by atoms with Crippen LogP contribution in [0.25, 0.3) is 0 Å². The number of amides is 1. The Labute approximate surface area is 129 Å². The van der Waals surface area contributed by atoms with Crippen molar-refractivity contribution in [2.24, 2.45) is 0 Å². The largest absolute Gasteiger partial charge is 0.465 e. The van der Waals surface area contributed by atoms with Crippen molar-refractivity contribution in [2.75, 3.05) is 12.4 Å². The predicted octanol–water partition coefficient (Wildman–Crippen LogP) is 2.21. The van der Waals surface area contributed by atoms with Gasteiger partial charge in [0.1, 0.15) is 11.6 Å². The van der Waals surface area contributed by atoms with Gasteiger partial charge in [0, 0.05) is 11.7 Å². The topological polar surface area (TPSA) is 91.2 Å². The highest BCUT2D eigenvalue weighted by molar-refractivity contribution is 5.99. The minimum Gasteiger partial charge on any atom is -0.465 e. The van der Waals surface area contributed by atoms with Crippen LogP contribution in [0.15, 0.2) is 36.0 Å². The first kappa shape index (κ1) is 17.2. The van der Waals surface area contributed by atoms with Crippen molar-refractivity contribution in [3.05, 3.63) is 41.6 Å². The first-order chi connectivity index (χ1) is 10.3. The van der Waals surface area contributed by atoms with Crippen LogP contribution >= 0.6 is 0 Å². The summed E-state index contributed by atoms with van der Waals surface area (Å²) >= 11 is 0. The number of nitrogens with one attached hydrogen (secondary N) is 2. The molecule has 0 radical (unpaired) electrons. The molecule has 1 aromatic rings. The van der Waals surface area contributed by atoms with E-state index in [9.17, 15) is 9.59 Å². The Morgan fingerprint density at radius 1 is 1.27 bits per heavy atom. The van der Waals surface area contributed by atoms with Crippen molar-refractivity contribution in [1.29, 1.82) is 5.26 Å². The maximum atomic E-state index is 12.0. The molecule has 0 aliphatic carbocycles. The quantitative estimate of drug-likeness (QED) is 0.505. The average Bonchev–Trinajstić information content (AvgIpc) is 2.45. The summed E-state index contributed by atoms with van der Waals surface area (Å²) in [7, 11) is 1.28. The smallest absolute Gasteiger partial charge is 0.339 e. The fourth-order valence-corrected chi connectivity index (χ4v) is 1.60. The Bertz CT molecular complexity index is 637. The number of esters is 1. The molecule has 116 valence electrons. The van der Waals surface area contributed by atoms with Crippen molar-refractivity contribution in [3.8, 4) is 6.07 Å². The van der Waals surface area contributed by atoms with E-state index in [1.165, 1.54) is 13.3 Å². The highest BCUT2D eigenvalue weighted by Gasteiger charge is 2.17. The van der Waals surface area contributed by atoms with Gasteiger partial charge in [-0.3, -0.25) is 4.79 Å². The molecule has 6 nitrogen and oxygen atoms in total. The summed E-state index contributed by atoms with van der Waals surface area (Å²) in [6.07, 6.45) is 1.27. The second kappa shape index (κ2) is 7.27. The van der Waals surface area contributed by atoms with E-state index in [2.05, 4.69) is 15.4 Å². The Hall–Kier alpha value is -2.81. The van der Waals surface area contributed by atoms with Gasteiger partial charge >= 0.3 is 5.97 Å². The van der Waals surface area contributed by atoms with Crippen LogP contribution in [-0.4, -0.2) is 24.5 Å². The van der Waals surface area contributed by atoms with E-state index in [0.717, 1.165) is 0 Å². The number of carbonyl (C=O) groups is 2. The fourth-order valence-electron chi connectivity index (χ4n) is 1.60. The number of nitrogens with zero attached hydrogens (tertiary/aromatic N) is 1. The third kappa shape index (κ3) is 4.94. The summed E-state index contributed by atoms with van der Waals surface area (Å²) in [6.45, 7) is 5.46. The maximum Gasteiger partial charge on any atom is 0.339 e. The summed E-state index contributed by atoms with van der Waals surface area (Å²) < 4.78 is 4.68. The number of para-hydroxylation sites is 1. The lowest BCUT2D eigenvalue weighted by atomic mass is 10.1. The van der Waals surface area contributed by atoms with E-state index in [-0.39, 0.29) is 5.57 Å². The minimum atomic E-state index is -0.505. The first-order valence-electron chi connectivity index (χ1n) is 6.65. The first-order valence-corrected chi connectivity index (χ1v) is 6.65. The SMILES string of the molecule is COC(=O)c1ccccc1N/C=C(/C#N)C(=O)NC(C)(C)C. The van der Waals surface area contributed by atoms with Gasteiger partial charge < -0.3 is 15.4 Å². The normalized spacial score (nSPS) is 11.3. The number of ether oxygens (including phenoxy) is 1. The van der Waals surface area contributed by atoms with Gasteiger partial charge in [0.2, 0.25) is 0 Å². The Kier molecular flexibility index (Phi) is 5.70. The minimum absolute atomic E-state index is 0.0883. The number of rotatable bonds is 4. The molecule has 0 fully saturated rings. The third-order valence-corrected chi connectivity index (χ3v) is 2.56. The molecule has 1 rings (SSSR count). The molecule has 0 aliphatic heterocycles. The van der Waals surface area contributed by atoms with Crippen molar-refractivity contribution in [3.63, 3.8) is 0 Å². The van der Waals surface area contributed by atoms with E-state index >= 15 is 0 Å². The molecule has 22 heavy (non-hydrogen) atoms. The Balaban J connectivity index is 2.97. The number of anilines is 1. The zero-order chi connectivity index (χ0) is 16.8. The van der Waals surface area contributed by atoms with Crippen LogP contribution in [0.3, 0.4) is 0 Å². The lowest BCUT2D eigenvalue weighted by molar-refractivity contribution is -0.118. The zero-order valence-electron chi connectivity index (χ0n) is 13.1. The van der Waals surface area contributed by atoms with Gasteiger partial charge in [0.25, 0.3) is 5.91 Å². The van der Waals surface area contributed by atoms with Crippen LogP contribution in [0.2, 0.25) is 0 Å². The summed E-state index contributed by atoms with van der Waals surface area (Å²) in [4.78, 5) is 23.6. The van der Waals surface area contributed by atoms with Gasteiger partial charge in [-0.1, -0.05) is 12.1 Å². The van der Waals surface area contributed by atoms with E-state index in [0.29, 0.717) is 11.3 Å². The molecular weight excluding hydrogens is 282 g/mol. The molecule has 0 atom stereocenters. The molecule has 0 aromatic heterocycles. The second-order valence-electron chi connectivity index (χ2n) is 5.56. The van der Waals surface area contributed by atoms with Crippen LogP contribution in [0.5, 0.6) is 0 Å². The molecule has 1 amide bonds. The van der Waals surface area contributed by atoms with Crippen LogP contribution in [0.1, 0.15) is 31.1 Å². The number of hydrogen-bond acceptors (Lipinski definition) is 5. The van der Waals surface area contributed by atoms with Gasteiger partial charge in [0.05, 0.1) is 18.4 Å². The van der Waals surface area contributed by atoms with Crippen LogP contribution in [0.4, 0.5) is 5.69 Å². The highest BCUT2D eigenvalue weighted by atomic mass is 16.5. The number of nitriles is 1. The van der Waals surface area contributed by atoms with Gasteiger partial charge in [-0.25, -0.2) is 4.79 Å². The Morgan fingerprint density at radius 2 is 1.91 bits per heavy atom. The summed E-state index contributed by atoms with van der Waals surface area (Å²) in [5.41, 5.74) is 0.228. The standard InChI is InChI=1S/C16H19N3O3/c1-16(2,3)19-14(20)11(9-17)10-18-13-8-6-5-7-12(13)15(21)22-4/h5-8,10,18H,1-4H3,(H,19,20)/b11-10-. The molecule has 0 unspecified atom stereocenters. The van der Waals surface area contributed by atoms with Crippen LogP contribution in [-0.2, 0) is 9.53 Å². The van der Waals surface area contributed by atoms with E-state index in [1.807, 2.05) is 26.8 Å². The van der Waals surface area contributed by atoms with Crippen LogP contribution < -0.4 is 10.6 Å². The summed E-state index contributed by atoms with van der Waals surface area (Å²) in [5.74, 6) is -0.993. The lowest BCUT2D eigenvalue weighted by Crippen LogP contribution is -2.41. The molecule has 0 spiro atoms. The molecule has 2 N–H and O–H groups in total. The monoisotopic (exact) mass is 301 g/mol. The Morgan fingerprint density at radius 3 is 2.45 bits per heavy atom. The van der Waals surface area contributed by atoms with Crippen LogP contribution in [0, 0.1) is 11.3 Å². The van der Waals surface area contributed by atoms with E-state index in [4.69, 9.17) is 5.26 Å². The average molecular weight is 301 g/mol. The zero-order valence-corrected chi connectivity index (χ0v) is 13.1. The lowest BCUT2D eigenvalue weighted by Gasteiger charge is -2.20. The molecule has 0 saturated heterocycles. The number of hydrogen-bond donors (Lipinski definition) is 2. The molecule has 0 heterocycles. The predicted molar refractivity (Wildman–Crippen MR) is 83.0 cm³/mol. The number of carbonyl (C=O) groups excluding carboxylic acids is 2. The van der Waals surface area contributed by atoms with Crippen molar-refractivity contribution in [1.82, 2.24) is 5.32 Å². The van der Waals surface area contributed by atoms with E-state index < -0.39 is 17.4 Å². The van der Waals surface area contributed by atoms with Crippen molar-refractivity contribution in [2.45, 2.75) is 26.3 Å². The molecule has 0 aliphatic rings. The fraction of sp³-hybridized carbons (Fsp3) is 0.312. The number of benzene rings is 1. The third-order valence-electron chi connectivity index (χ3n) is 2.56. The molecule has 0 bridgehead atoms. The van der Waals surface area contributed by atoms with E-state index in [1.54, 1.807) is 24.3 Å². The van der Waals surface area contributed by atoms with Crippen molar-refractivity contribution < 1.29 is 14.3 Å². The second-order valence-corrected chi connectivity index (χ2v) is 5.56. The molecule has 0 saturated carbocycles. The summed E-state index contributed by atoms with van der Waals surface area (Å²) in [6, 6.07) is 8.49. The summed E-state index contributed by atoms with van der Waals surface area (Å²) in [5, 5.41) is 14.6. The highest BCUT2D eigenvalue weighted by Crippen LogP contribution is 2.16. The number of methoxy groups -OCH3 is 1. The molecule has 6 heteroatoms. The molecular formula is C16H19N3O3. The van der Waals surface area contributed by atoms with Gasteiger partial charge in [-0.15, -0.1) is 0 Å². The van der Waals surface area contributed by atoms with Gasteiger partial charge in [-0.2, -0.15) is 5.26 Å².